The van der Waals surface area contributed by atoms with Gasteiger partial charge in [0.15, 0.2) is 0 Å². The Bertz CT molecular complexity index is 593. The molecule has 1 aromatic rings. The lowest BCUT2D eigenvalue weighted by Gasteiger charge is -2.22. The first-order chi connectivity index (χ1) is 9.70. The van der Waals surface area contributed by atoms with Gasteiger partial charge in [0.2, 0.25) is 10.0 Å². The van der Waals surface area contributed by atoms with E-state index in [0.717, 1.165) is 0 Å². The van der Waals surface area contributed by atoms with Crippen LogP contribution >= 0.6 is 0 Å². The number of likely N-dealkylation sites (N-methyl/N-ethyl adjacent to an activating group) is 1. The lowest BCUT2D eigenvalue weighted by molar-refractivity contribution is 0.0686. The van der Waals surface area contributed by atoms with E-state index in [-0.39, 0.29) is 10.6 Å². The third-order valence-corrected chi connectivity index (χ3v) is 4.97. The average molecular weight is 317 g/mol. The normalized spacial score (nSPS) is 12.3. The van der Waals surface area contributed by atoms with Crippen molar-refractivity contribution in [3.05, 3.63) is 18.0 Å². The molecule has 0 saturated carbocycles. The van der Waals surface area contributed by atoms with Crippen LogP contribution in [-0.2, 0) is 17.1 Å². The van der Waals surface area contributed by atoms with Crippen LogP contribution in [0.3, 0.4) is 0 Å². The van der Waals surface area contributed by atoms with Crippen molar-refractivity contribution >= 4 is 16.0 Å². The molecule has 0 radical (unpaired) electrons. The van der Waals surface area contributed by atoms with Crippen molar-refractivity contribution in [2.75, 3.05) is 33.7 Å². The monoisotopic (exact) mass is 317 g/mol. The Labute approximate surface area is 125 Å². The van der Waals surface area contributed by atoms with Gasteiger partial charge in [0.1, 0.15) is 10.6 Å². The number of nitrogens with zero attached hydrogens (tertiary/aromatic N) is 3. The first-order valence-electron chi connectivity index (χ1n) is 6.74. The summed E-state index contributed by atoms with van der Waals surface area (Å²) in [5.41, 5.74) is -0.0439. The van der Waals surface area contributed by atoms with Crippen LogP contribution in [0.4, 0.5) is 0 Å². The Morgan fingerprint density at radius 2 is 1.90 bits per heavy atom. The van der Waals surface area contributed by atoms with Gasteiger partial charge >= 0.3 is 5.97 Å². The van der Waals surface area contributed by atoms with Crippen LogP contribution in [0.5, 0.6) is 0 Å². The zero-order valence-corrected chi connectivity index (χ0v) is 13.7. The van der Waals surface area contributed by atoms with Gasteiger partial charge in [-0.3, -0.25) is 0 Å². The summed E-state index contributed by atoms with van der Waals surface area (Å²) in [5.74, 6) is -1.14. The molecule has 0 amide bonds. The van der Waals surface area contributed by atoms with E-state index < -0.39 is 16.0 Å². The van der Waals surface area contributed by atoms with Crippen molar-refractivity contribution in [1.29, 1.82) is 0 Å². The molecule has 0 aliphatic rings. The minimum Gasteiger partial charge on any atom is -0.477 e. The summed E-state index contributed by atoms with van der Waals surface area (Å²) in [6.07, 6.45) is 2.04. The van der Waals surface area contributed by atoms with Crippen molar-refractivity contribution in [3.63, 3.8) is 0 Å². The highest BCUT2D eigenvalue weighted by Gasteiger charge is 2.26. The van der Waals surface area contributed by atoms with E-state index in [0.29, 0.717) is 26.1 Å². The Morgan fingerprint density at radius 1 is 1.29 bits per heavy atom. The van der Waals surface area contributed by atoms with Crippen LogP contribution in [0, 0.1) is 0 Å². The third-order valence-electron chi connectivity index (χ3n) is 3.11. The molecular formula is C13H23N3O4S. The van der Waals surface area contributed by atoms with Gasteiger partial charge in [0.25, 0.3) is 0 Å². The maximum absolute atomic E-state index is 12.6. The number of carbonyl (C=O) groups is 1. The molecule has 8 heteroatoms. The predicted octanol–water partition coefficient (Wildman–Crippen LogP) is 0.686. The second-order valence-electron chi connectivity index (χ2n) is 5.18. The first-order valence-corrected chi connectivity index (χ1v) is 8.18. The molecule has 0 aromatic carbocycles. The maximum atomic E-state index is 12.6. The molecule has 0 aliphatic heterocycles. The van der Waals surface area contributed by atoms with Gasteiger partial charge in [-0.2, -0.15) is 4.31 Å². The summed E-state index contributed by atoms with van der Waals surface area (Å²) in [7, 11) is 1.60. The zero-order valence-electron chi connectivity index (χ0n) is 12.9. The smallest absolute Gasteiger partial charge is 0.352 e. The molecule has 21 heavy (non-hydrogen) atoms. The molecule has 1 heterocycles. The molecule has 1 aromatic heterocycles. The second kappa shape index (κ2) is 7.06. The van der Waals surface area contributed by atoms with Crippen LogP contribution in [0.1, 0.15) is 23.8 Å². The van der Waals surface area contributed by atoms with Crippen LogP contribution in [0.15, 0.2) is 17.2 Å². The molecule has 7 nitrogen and oxygen atoms in total. The summed E-state index contributed by atoms with van der Waals surface area (Å²) in [5, 5.41) is 9.03. The van der Waals surface area contributed by atoms with Crippen molar-refractivity contribution in [1.82, 2.24) is 13.8 Å². The molecule has 0 unspecified atom stereocenters. The van der Waals surface area contributed by atoms with Gasteiger partial charge in [-0.1, -0.05) is 6.92 Å². The summed E-state index contributed by atoms with van der Waals surface area (Å²) in [4.78, 5) is 13.0. The molecule has 0 spiro atoms. The third kappa shape index (κ3) is 4.29. The van der Waals surface area contributed by atoms with E-state index in [1.807, 2.05) is 25.9 Å². The predicted molar refractivity (Wildman–Crippen MR) is 80.0 cm³/mol. The highest BCUT2D eigenvalue weighted by atomic mass is 32.2. The van der Waals surface area contributed by atoms with Crippen LogP contribution < -0.4 is 0 Å². The van der Waals surface area contributed by atoms with Crippen LogP contribution in [0.25, 0.3) is 0 Å². The molecule has 1 rings (SSSR count). The van der Waals surface area contributed by atoms with Crippen molar-refractivity contribution in [2.24, 2.45) is 7.05 Å². The molecule has 0 fully saturated rings. The minimum absolute atomic E-state index is 0.0228. The van der Waals surface area contributed by atoms with E-state index >= 15 is 0 Å². The van der Waals surface area contributed by atoms with E-state index in [2.05, 4.69) is 0 Å². The van der Waals surface area contributed by atoms with E-state index in [9.17, 15) is 13.2 Å². The molecule has 1 N–H and O–H groups in total. The quantitative estimate of drug-likeness (QED) is 0.762. The van der Waals surface area contributed by atoms with Crippen LogP contribution in [0.2, 0.25) is 0 Å². The summed E-state index contributed by atoms with van der Waals surface area (Å²) >= 11 is 0. The highest BCUT2D eigenvalue weighted by molar-refractivity contribution is 7.89. The fourth-order valence-corrected chi connectivity index (χ4v) is 3.55. The Morgan fingerprint density at radius 3 is 2.33 bits per heavy atom. The van der Waals surface area contributed by atoms with Crippen molar-refractivity contribution < 1.29 is 18.3 Å². The highest BCUT2D eigenvalue weighted by Crippen LogP contribution is 2.19. The minimum atomic E-state index is -3.67. The Balaban J connectivity index is 3.10. The van der Waals surface area contributed by atoms with E-state index in [4.69, 9.17) is 5.11 Å². The number of hydrogen-bond donors (Lipinski definition) is 1. The number of carboxylic acid groups (broad SMARTS) is 1. The van der Waals surface area contributed by atoms with Gasteiger partial charge < -0.3 is 14.6 Å². The fourth-order valence-electron chi connectivity index (χ4n) is 1.95. The lowest BCUT2D eigenvalue weighted by Crippen LogP contribution is -2.37. The number of hydrogen-bond acceptors (Lipinski definition) is 4. The fraction of sp³-hybridized carbons (Fsp3) is 0.615. The summed E-state index contributed by atoms with van der Waals surface area (Å²) < 4.78 is 28.0. The SMILES string of the molecule is CCCN(CCN(C)C)S(=O)(=O)c1cc(C(=O)O)n(C)c1. The molecule has 120 valence electrons. The molecule has 0 saturated heterocycles. The summed E-state index contributed by atoms with van der Waals surface area (Å²) in [6, 6.07) is 1.20. The van der Waals surface area contributed by atoms with Gasteiger partial charge in [0.05, 0.1) is 0 Å². The van der Waals surface area contributed by atoms with E-state index in [1.165, 1.54) is 28.2 Å². The van der Waals surface area contributed by atoms with E-state index in [1.54, 1.807) is 0 Å². The first kappa shape index (κ1) is 17.7. The Hall–Kier alpha value is -1.38. The number of aromatic carboxylic acids is 1. The largest absolute Gasteiger partial charge is 0.477 e. The number of aromatic nitrogens is 1. The topological polar surface area (TPSA) is 82.8 Å². The lowest BCUT2D eigenvalue weighted by atomic mass is 10.4. The molecule has 0 atom stereocenters. The zero-order chi connectivity index (χ0) is 16.2. The molecule has 0 aliphatic carbocycles. The summed E-state index contributed by atoms with van der Waals surface area (Å²) in [6.45, 7) is 3.30. The van der Waals surface area contributed by atoms with Crippen LogP contribution in [-0.4, -0.2) is 67.0 Å². The Kier molecular flexibility index (Phi) is 5.94. The standard InChI is InChI=1S/C13H23N3O4S/c1-5-6-16(8-7-14(2)3)21(19,20)11-9-12(13(17)18)15(4)10-11/h9-10H,5-8H2,1-4H3,(H,17,18). The second-order valence-corrected chi connectivity index (χ2v) is 7.12. The number of carboxylic acids is 1. The van der Waals surface area contributed by atoms with Gasteiger partial charge in [-0.15, -0.1) is 0 Å². The number of aryl methyl sites for hydroxylation is 1. The average Bonchev–Trinajstić information content (AvgIpc) is 2.77. The number of sulfonamides is 1. The van der Waals surface area contributed by atoms with Gasteiger partial charge in [0, 0.05) is 32.9 Å². The van der Waals surface area contributed by atoms with Crippen molar-refractivity contribution in [2.45, 2.75) is 18.2 Å². The maximum Gasteiger partial charge on any atom is 0.352 e. The number of rotatable bonds is 8. The molecule has 0 bridgehead atoms. The van der Waals surface area contributed by atoms with Crippen molar-refractivity contribution in [3.8, 4) is 0 Å². The van der Waals surface area contributed by atoms with Gasteiger partial charge in [-0.05, 0) is 26.6 Å². The van der Waals surface area contributed by atoms with Gasteiger partial charge in [-0.25, -0.2) is 13.2 Å². The molecular weight excluding hydrogens is 294 g/mol.